The Bertz CT molecular complexity index is 1040. The van der Waals surface area contributed by atoms with Crippen molar-refractivity contribution in [1.82, 2.24) is 15.3 Å². The van der Waals surface area contributed by atoms with E-state index >= 15 is 0 Å². The lowest BCUT2D eigenvalue weighted by Crippen LogP contribution is -2.45. The van der Waals surface area contributed by atoms with Crippen molar-refractivity contribution >= 4 is 28.1 Å². The van der Waals surface area contributed by atoms with Crippen LogP contribution in [0, 0.1) is 5.92 Å². The number of rotatable bonds is 7. The van der Waals surface area contributed by atoms with Crippen LogP contribution < -0.4 is 15.5 Å². The average Bonchev–Trinajstić information content (AvgIpc) is 2.76. The fourth-order valence-corrected chi connectivity index (χ4v) is 6.09. The first-order valence-corrected chi connectivity index (χ1v) is 14.2. The number of aromatic nitrogens is 2. The van der Waals surface area contributed by atoms with E-state index in [2.05, 4.69) is 22.5 Å². The fraction of sp³-hybridized carbons (Fsp3) is 0.560. The molecule has 35 heavy (non-hydrogen) atoms. The molecule has 4 rings (SSSR count). The second-order valence-corrected chi connectivity index (χ2v) is 12.5. The summed E-state index contributed by atoms with van der Waals surface area (Å²) in [4.78, 5) is 24.0. The van der Waals surface area contributed by atoms with E-state index < -0.39 is 15.3 Å². The van der Waals surface area contributed by atoms with Crippen molar-refractivity contribution in [3.63, 3.8) is 0 Å². The van der Waals surface area contributed by atoms with E-state index in [1.807, 2.05) is 44.2 Å². The van der Waals surface area contributed by atoms with Crippen molar-refractivity contribution in [3.8, 4) is 11.4 Å². The number of nitrogens with one attached hydrogen (secondary N) is 2. The Morgan fingerprint density at radius 3 is 2.54 bits per heavy atom. The molecule has 1 saturated carbocycles. The van der Waals surface area contributed by atoms with Gasteiger partial charge in [-0.1, -0.05) is 13.8 Å². The average molecular weight is 504 g/mol. The summed E-state index contributed by atoms with van der Waals surface area (Å²) in [5.74, 6) is 1.67. The predicted molar refractivity (Wildman–Crippen MR) is 141 cm³/mol. The van der Waals surface area contributed by atoms with Crippen LogP contribution in [0.2, 0.25) is 0 Å². The lowest BCUT2D eigenvalue weighted by molar-refractivity contribution is 0.0985. The van der Waals surface area contributed by atoms with Crippen molar-refractivity contribution in [1.29, 1.82) is 0 Å². The van der Waals surface area contributed by atoms with Crippen molar-refractivity contribution in [2.45, 2.75) is 50.8 Å². The number of hydrogen-bond acceptors (Lipinski definition) is 7. The van der Waals surface area contributed by atoms with Gasteiger partial charge in [0.05, 0.1) is 24.9 Å². The molecule has 9 nitrogen and oxygen atoms in total. The van der Waals surface area contributed by atoms with E-state index in [1.54, 1.807) is 0 Å². The number of urea groups is 1. The smallest absolute Gasteiger partial charge is 0.319 e. The van der Waals surface area contributed by atoms with Gasteiger partial charge in [-0.2, -0.15) is 10.6 Å². The molecule has 0 radical (unpaired) electrons. The molecule has 2 amide bonds. The Balaban J connectivity index is 1.66. The molecule has 0 bridgehead atoms. The summed E-state index contributed by atoms with van der Waals surface area (Å²) in [6.45, 7) is 8.72. The highest BCUT2D eigenvalue weighted by atomic mass is 32.3. The number of benzene rings is 1. The van der Waals surface area contributed by atoms with Gasteiger partial charge < -0.3 is 20.3 Å². The molecule has 0 unspecified atom stereocenters. The lowest BCUT2D eigenvalue weighted by Gasteiger charge is -2.53. The first-order valence-electron chi connectivity index (χ1n) is 12.2. The standard InChI is InChI=1S/C25H37N5O4S/c1-17(2)15-26-24(31)27-20-8-6-19(7-9-20)23-28-21(25(10-5-11-25)35(4,32)33)14-22(29-23)30-12-13-34-16-18(30)3/h6-9,14,17-18,32-33H,5,10-13,15-16H2,1-4H3,(H2,26,27,31)/t18-/m0/s1. The van der Waals surface area contributed by atoms with Gasteiger partial charge in [-0.25, -0.2) is 14.8 Å². The lowest BCUT2D eigenvalue weighted by atomic mass is 9.81. The molecule has 1 aliphatic heterocycles. The van der Waals surface area contributed by atoms with Crippen LogP contribution in [0.4, 0.5) is 16.3 Å². The zero-order valence-electron chi connectivity index (χ0n) is 21.0. The number of ether oxygens (including phenoxy) is 1. The number of hydrogen-bond donors (Lipinski definition) is 4. The largest absolute Gasteiger partial charge is 0.377 e. The SMILES string of the molecule is CC(C)CNC(=O)Nc1ccc(-c2nc(N3CCOC[C@@H]3C)cc(C3(S(C)(O)O)CCC3)n2)cc1. The molecule has 0 spiro atoms. The van der Waals surface area contributed by atoms with Crippen LogP contribution in [0.3, 0.4) is 0 Å². The number of carbonyl (C=O) groups excluding carboxylic acids is 1. The summed E-state index contributed by atoms with van der Waals surface area (Å²) in [5, 5.41) is 5.68. The zero-order valence-corrected chi connectivity index (χ0v) is 21.8. The molecule has 2 fully saturated rings. The highest BCUT2D eigenvalue weighted by molar-refractivity contribution is 8.24. The molecule has 2 heterocycles. The molecule has 2 aromatic rings. The Labute approximate surface area is 209 Å². The van der Waals surface area contributed by atoms with Gasteiger partial charge in [-0.15, -0.1) is 0 Å². The molecule has 4 N–H and O–H groups in total. The summed E-state index contributed by atoms with van der Waals surface area (Å²) in [6, 6.07) is 9.23. The third kappa shape index (κ3) is 5.55. The maximum absolute atomic E-state index is 12.1. The van der Waals surface area contributed by atoms with Gasteiger partial charge in [0, 0.05) is 36.7 Å². The number of amides is 2. The highest BCUT2D eigenvalue weighted by Crippen LogP contribution is 2.65. The van der Waals surface area contributed by atoms with E-state index in [4.69, 9.17) is 14.7 Å². The van der Waals surface area contributed by atoms with Crippen LogP contribution in [-0.2, 0) is 9.48 Å². The Kier molecular flexibility index (Phi) is 7.56. The van der Waals surface area contributed by atoms with Crippen molar-refractivity contribution in [2.75, 3.05) is 42.8 Å². The fourth-order valence-electron chi connectivity index (χ4n) is 4.53. The molecule has 1 atom stereocenters. The van der Waals surface area contributed by atoms with Crippen LogP contribution in [-0.4, -0.2) is 63.7 Å². The van der Waals surface area contributed by atoms with Gasteiger partial charge in [-0.3, -0.25) is 9.11 Å². The normalized spacial score (nSPS) is 20.3. The Morgan fingerprint density at radius 2 is 1.97 bits per heavy atom. The maximum Gasteiger partial charge on any atom is 0.319 e. The summed E-state index contributed by atoms with van der Waals surface area (Å²) >= 11 is 0. The van der Waals surface area contributed by atoms with Gasteiger partial charge in [0.25, 0.3) is 0 Å². The van der Waals surface area contributed by atoms with Crippen molar-refractivity contribution in [2.24, 2.45) is 5.92 Å². The predicted octanol–water partition coefficient (Wildman–Crippen LogP) is 4.91. The first-order chi connectivity index (χ1) is 16.6. The van der Waals surface area contributed by atoms with Crippen LogP contribution in [0.25, 0.3) is 11.4 Å². The van der Waals surface area contributed by atoms with Gasteiger partial charge in [0.15, 0.2) is 5.82 Å². The van der Waals surface area contributed by atoms with Gasteiger partial charge in [0.2, 0.25) is 0 Å². The third-order valence-electron chi connectivity index (χ3n) is 6.81. The number of nitrogens with zero attached hydrogens (tertiary/aromatic N) is 3. The molecule has 2 aliphatic rings. The van der Waals surface area contributed by atoms with Crippen LogP contribution in [0.1, 0.15) is 45.7 Å². The maximum atomic E-state index is 12.1. The quantitative estimate of drug-likeness (QED) is 0.424. The molecule has 192 valence electrons. The second kappa shape index (κ2) is 10.3. The van der Waals surface area contributed by atoms with E-state index in [0.29, 0.717) is 62.3 Å². The van der Waals surface area contributed by atoms with Crippen LogP contribution in [0.15, 0.2) is 30.3 Å². The summed E-state index contributed by atoms with van der Waals surface area (Å²) in [7, 11) is -2.86. The molecular formula is C25H37N5O4S. The monoisotopic (exact) mass is 503 g/mol. The number of carbonyl (C=O) groups is 1. The van der Waals surface area contributed by atoms with Crippen molar-refractivity contribution in [3.05, 3.63) is 36.0 Å². The summed E-state index contributed by atoms with van der Waals surface area (Å²) in [6.07, 6.45) is 3.84. The summed E-state index contributed by atoms with van der Waals surface area (Å²) in [5.41, 5.74) is 2.15. The van der Waals surface area contributed by atoms with Crippen molar-refractivity contribution < 1.29 is 18.6 Å². The highest BCUT2D eigenvalue weighted by Gasteiger charge is 2.49. The van der Waals surface area contributed by atoms with E-state index in [0.717, 1.165) is 17.8 Å². The number of anilines is 2. The minimum Gasteiger partial charge on any atom is -0.377 e. The Morgan fingerprint density at radius 1 is 1.26 bits per heavy atom. The van der Waals surface area contributed by atoms with Crippen LogP contribution in [0.5, 0.6) is 0 Å². The first kappa shape index (κ1) is 25.7. The van der Waals surface area contributed by atoms with E-state index in [-0.39, 0.29) is 12.1 Å². The molecular weight excluding hydrogens is 466 g/mol. The molecule has 1 saturated heterocycles. The summed E-state index contributed by atoms with van der Waals surface area (Å²) < 4.78 is 26.4. The van der Waals surface area contributed by atoms with E-state index in [1.165, 1.54) is 6.26 Å². The Hall–Kier alpha value is -2.40. The molecule has 1 aromatic carbocycles. The molecule has 10 heteroatoms. The topological polar surface area (TPSA) is 120 Å². The van der Waals surface area contributed by atoms with Gasteiger partial charge in [0.1, 0.15) is 10.6 Å². The molecule has 1 aromatic heterocycles. The third-order valence-corrected chi connectivity index (χ3v) is 8.91. The molecule has 1 aliphatic carbocycles. The second-order valence-electron chi connectivity index (χ2n) is 10.0. The van der Waals surface area contributed by atoms with E-state index in [9.17, 15) is 13.9 Å². The minimum atomic E-state index is -2.86. The zero-order chi connectivity index (χ0) is 25.2. The van der Waals surface area contributed by atoms with Gasteiger partial charge >= 0.3 is 6.03 Å². The van der Waals surface area contributed by atoms with Gasteiger partial charge in [-0.05, 0) is 56.4 Å². The number of morpholine rings is 1. The minimum absolute atomic E-state index is 0.148. The van der Waals surface area contributed by atoms with Crippen LogP contribution >= 0.6 is 10.6 Å².